The first-order chi connectivity index (χ1) is 12.6. The molecule has 0 saturated carbocycles. The van der Waals surface area contributed by atoms with Gasteiger partial charge in [-0.1, -0.05) is 28.1 Å². The zero-order chi connectivity index (χ0) is 21.8. The molecule has 160 valence electrons. The summed E-state index contributed by atoms with van der Waals surface area (Å²) in [7, 11) is 0. The minimum atomic E-state index is -0.958. The standard InChI is InChI=1S/C10H18O3.C5H9Br.C5H10O3/c1-4-5-6-7-13-9(3)8(2)10(11)12;1-2-3-4-5-6;1-3(4(2)6)5(7)8/h4,8-9H,1,5-7H2,2-3H3,(H,11,12);2H,1,3-5H2;3-4,6H,1-2H3,(H,7,8)/t8-,9+;;3-,4+/m0.0/s1. The summed E-state index contributed by atoms with van der Waals surface area (Å²) in [5.41, 5.74) is 0. The highest BCUT2D eigenvalue weighted by Crippen LogP contribution is 2.07. The molecule has 0 fully saturated rings. The molecule has 0 amide bonds. The van der Waals surface area contributed by atoms with E-state index in [4.69, 9.17) is 20.1 Å². The fraction of sp³-hybridized carbons (Fsp3) is 0.700. The lowest BCUT2D eigenvalue weighted by atomic mass is 10.1. The number of ether oxygens (including phenoxy) is 1. The zero-order valence-electron chi connectivity index (χ0n) is 17.1. The van der Waals surface area contributed by atoms with Crippen LogP contribution >= 0.6 is 15.9 Å². The molecule has 0 radical (unpaired) electrons. The normalized spacial score (nSPS) is 14.1. The van der Waals surface area contributed by atoms with Crippen molar-refractivity contribution in [2.45, 2.75) is 65.6 Å². The first-order valence-corrected chi connectivity index (χ1v) is 10.2. The van der Waals surface area contributed by atoms with Gasteiger partial charge in [0.25, 0.3) is 0 Å². The van der Waals surface area contributed by atoms with Crippen LogP contribution in [0.2, 0.25) is 0 Å². The molecule has 0 saturated heterocycles. The van der Waals surface area contributed by atoms with E-state index in [0.29, 0.717) is 6.61 Å². The van der Waals surface area contributed by atoms with E-state index in [0.717, 1.165) is 24.6 Å². The predicted octanol–water partition coefficient (Wildman–Crippen LogP) is 4.51. The second-order valence-electron chi connectivity index (χ2n) is 6.12. The third-order valence-electron chi connectivity index (χ3n) is 3.68. The van der Waals surface area contributed by atoms with Crippen LogP contribution in [0.25, 0.3) is 0 Å². The van der Waals surface area contributed by atoms with Gasteiger partial charge in [0.2, 0.25) is 0 Å². The second-order valence-corrected chi connectivity index (χ2v) is 6.91. The average Bonchev–Trinajstić information content (AvgIpc) is 2.62. The van der Waals surface area contributed by atoms with E-state index in [1.165, 1.54) is 20.3 Å². The summed E-state index contributed by atoms with van der Waals surface area (Å²) >= 11 is 3.30. The van der Waals surface area contributed by atoms with Gasteiger partial charge in [-0.05, 0) is 53.4 Å². The molecule has 0 aromatic rings. The Bertz CT molecular complexity index is 398. The Labute approximate surface area is 172 Å². The summed E-state index contributed by atoms with van der Waals surface area (Å²) < 4.78 is 5.34. The van der Waals surface area contributed by atoms with Crippen LogP contribution in [0.15, 0.2) is 25.3 Å². The maximum absolute atomic E-state index is 10.5. The summed E-state index contributed by atoms with van der Waals surface area (Å²) in [6, 6.07) is 0. The maximum Gasteiger partial charge on any atom is 0.308 e. The van der Waals surface area contributed by atoms with Crippen molar-refractivity contribution >= 4 is 27.9 Å². The average molecular weight is 453 g/mol. The molecule has 6 nitrogen and oxygen atoms in total. The largest absolute Gasteiger partial charge is 0.481 e. The number of alkyl halides is 1. The van der Waals surface area contributed by atoms with E-state index in [9.17, 15) is 9.59 Å². The fourth-order valence-corrected chi connectivity index (χ4v) is 1.59. The summed E-state index contributed by atoms with van der Waals surface area (Å²) in [6.07, 6.45) is 6.94. The Morgan fingerprint density at radius 2 is 1.41 bits per heavy atom. The molecule has 0 heterocycles. The molecule has 0 aliphatic carbocycles. The Hall–Kier alpha value is -1.18. The number of rotatable bonds is 12. The highest BCUT2D eigenvalue weighted by molar-refractivity contribution is 9.09. The van der Waals surface area contributed by atoms with Crippen LogP contribution in [0.1, 0.15) is 53.4 Å². The summed E-state index contributed by atoms with van der Waals surface area (Å²) in [6.45, 7) is 14.1. The number of carboxylic acids is 2. The Kier molecular flexibility index (Phi) is 23.9. The Morgan fingerprint density at radius 1 is 0.963 bits per heavy atom. The van der Waals surface area contributed by atoms with E-state index in [2.05, 4.69) is 29.1 Å². The number of aliphatic hydroxyl groups excluding tert-OH is 1. The molecule has 0 aliphatic heterocycles. The van der Waals surface area contributed by atoms with Crippen molar-refractivity contribution in [1.82, 2.24) is 0 Å². The molecule has 0 unspecified atom stereocenters. The van der Waals surface area contributed by atoms with Crippen LogP contribution < -0.4 is 0 Å². The van der Waals surface area contributed by atoms with Crippen LogP contribution in [0, 0.1) is 11.8 Å². The van der Waals surface area contributed by atoms with Crippen LogP contribution in [0.4, 0.5) is 0 Å². The Balaban J connectivity index is -0.000000351. The smallest absolute Gasteiger partial charge is 0.308 e. The molecule has 0 aromatic carbocycles. The molecule has 3 N–H and O–H groups in total. The lowest BCUT2D eigenvalue weighted by Crippen LogP contribution is -2.25. The van der Waals surface area contributed by atoms with Gasteiger partial charge in [-0.25, -0.2) is 0 Å². The van der Waals surface area contributed by atoms with Gasteiger partial charge in [-0.2, -0.15) is 0 Å². The first-order valence-electron chi connectivity index (χ1n) is 9.09. The summed E-state index contributed by atoms with van der Waals surface area (Å²) in [5.74, 6) is -2.87. The highest BCUT2D eigenvalue weighted by Gasteiger charge is 2.19. The van der Waals surface area contributed by atoms with Crippen molar-refractivity contribution in [3.63, 3.8) is 0 Å². The van der Waals surface area contributed by atoms with Gasteiger partial charge in [-0.3, -0.25) is 9.59 Å². The third kappa shape index (κ3) is 22.8. The molecule has 4 atom stereocenters. The van der Waals surface area contributed by atoms with Crippen LogP contribution in [-0.4, -0.2) is 51.4 Å². The van der Waals surface area contributed by atoms with Crippen molar-refractivity contribution in [1.29, 1.82) is 0 Å². The summed E-state index contributed by atoms with van der Waals surface area (Å²) in [4.78, 5) is 20.5. The van der Waals surface area contributed by atoms with Crippen molar-refractivity contribution in [3.05, 3.63) is 25.3 Å². The van der Waals surface area contributed by atoms with Crippen LogP contribution in [-0.2, 0) is 14.3 Å². The number of halogens is 1. The zero-order valence-corrected chi connectivity index (χ0v) is 18.7. The molecular weight excluding hydrogens is 416 g/mol. The number of carboxylic acid groups (broad SMARTS) is 2. The van der Waals surface area contributed by atoms with Crippen LogP contribution in [0.3, 0.4) is 0 Å². The molecule has 0 aromatic heterocycles. The van der Waals surface area contributed by atoms with E-state index < -0.39 is 29.9 Å². The van der Waals surface area contributed by atoms with Gasteiger partial charge in [0.1, 0.15) is 0 Å². The quantitative estimate of drug-likeness (QED) is 0.228. The lowest BCUT2D eigenvalue weighted by Gasteiger charge is -2.16. The predicted molar refractivity (Wildman–Crippen MR) is 113 cm³/mol. The molecule has 7 heteroatoms. The van der Waals surface area contributed by atoms with Gasteiger partial charge < -0.3 is 20.1 Å². The van der Waals surface area contributed by atoms with Crippen LogP contribution in [0.5, 0.6) is 0 Å². The van der Waals surface area contributed by atoms with E-state index in [1.54, 1.807) is 13.8 Å². The molecule has 0 aliphatic rings. The maximum atomic E-state index is 10.5. The molecular formula is C20H37BrO6. The number of unbranched alkanes of at least 4 members (excludes halogenated alkanes) is 2. The van der Waals surface area contributed by atoms with E-state index in [-0.39, 0.29) is 6.10 Å². The molecule has 0 spiro atoms. The van der Waals surface area contributed by atoms with Gasteiger partial charge in [0.15, 0.2) is 0 Å². The van der Waals surface area contributed by atoms with Crippen molar-refractivity contribution < 1.29 is 29.6 Å². The number of aliphatic hydroxyl groups is 1. The van der Waals surface area contributed by atoms with Gasteiger partial charge in [0.05, 0.1) is 24.0 Å². The minimum absolute atomic E-state index is 0.220. The van der Waals surface area contributed by atoms with Crippen molar-refractivity contribution in [2.75, 3.05) is 11.9 Å². The van der Waals surface area contributed by atoms with E-state index in [1.807, 2.05) is 12.2 Å². The topological polar surface area (TPSA) is 104 Å². The number of carbonyl (C=O) groups is 2. The molecule has 0 bridgehead atoms. The Morgan fingerprint density at radius 3 is 1.67 bits per heavy atom. The van der Waals surface area contributed by atoms with Crippen molar-refractivity contribution in [2.24, 2.45) is 11.8 Å². The highest BCUT2D eigenvalue weighted by atomic mass is 79.9. The summed E-state index contributed by atoms with van der Waals surface area (Å²) in [5, 5.41) is 26.6. The second kappa shape index (κ2) is 21.1. The number of hydrogen-bond acceptors (Lipinski definition) is 4. The third-order valence-corrected chi connectivity index (χ3v) is 4.24. The molecule has 0 rings (SSSR count). The van der Waals surface area contributed by atoms with Gasteiger partial charge in [-0.15, -0.1) is 13.2 Å². The van der Waals surface area contributed by atoms with E-state index >= 15 is 0 Å². The number of hydrogen-bond donors (Lipinski definition) is 3. The fourth-order valence-electron chi connectivity index (χ4n) is 1.27. The first kappa shape index (κ1) is 30.5. The monoisotopic (exact) mass is 452 g/mol. The SMILES string of the molecule is C=CCCCBr.C=CCCCO[C@H](C)[C@H](C)C(=O)O.C[C@H](C(=O)O)[C@@H](C)O. The minimum Gasteiger partial charge on any atom is -0.481 e. The van der Waals surface area contributed by atoms with Gasteiger partial charge in [0, 0.05) is 11.9 Å². The number of aliphatic carboxylic acids is 2. The number of allylic oxidation sites excluding steroid dienone is 2. The van der Waals surface area contributed by atoms with Crippen molar-refractivity contribution in [3.8, 4) is 0 Å². The lowest BCUT2D eigenvalue weighted by molar-refractivity contribution is -0.146. The molecule has 27 heavy (non-hydrogen) atoms. The van der Waals surface area contributed by atoms with Gasteiger partial charge >= 0.3 is 11.9 Å².